The third-order valence-corrected chi connectivity index (χ3v) is 3.75. The van der Waals surface area contributed by atoms with E-state index >= 15 is 0 Å². The maximum atomic E-state index is 5.95. The zero-order chi connectivity index (χ0) is 14.5. The first-order valence-electron chi connectivity index (χ1n) is 7.22. The lowest BCUT2D eigenvalue weighted by molar-refractivity contribution is 0.0876. The van der Waals surface area contributed by atoms with Crippen molar-refractivity contribution in [2.75, 3.05) is 27.4 Å². The van der Waals surface area contributed by atoms with Crippen LogP contribution in [0.2, 0.25) is 0 Å². The van der Waals surface area contributed by atoms with Crippen LogP contribution in [-0.2, 0) is 4.74 Å². The van der Waals surface area contributed by atoms with Gasteiger partial charge in [-0.25, -0.2) is 0 Å². The minimum atomic E-state index is 0.0753. The summed E-state index contributed by atoms with van der Waals surface area (Å²) >= 11 is 0. The van der Waals surface area contributed by atoms with E-state index in [-0.39, 0.29) is 6.10 Å². The Labute approximate surface area is 121 Å². The van der Waals surface area contributed by atoms with Gasteiger partial charge in [0.05, 0.1) is 20.3 Å². The number of methoxy groups -OCH3 is 2. The third-order valence-electron chi connectivity index (χ3n) is 3.75. The first kappa shape index (κ1) is 15.1. The topological polar surface area (TPSA) is 39.7 Å². The van der Waals surface area contributed by atoms with Gasteiger partial charge >= 0.3 is 0 Å². The Morgan fingerprint density at radius 2 is 2.10 bits per heavy atom. The molecular weight excluding hydrogens is 254 g/mol. The second kappa shape index (κ2) is 6.95. The highest BCUT2D eigenvalue weighted by atomic mass is 16.5. The second-order valence-corrected chi connectivity index (χ2v) is 5.51. The minimum Gasteiger partial charge on any atom is -0.497 e. The summed E-state index contributed by atoms with van der Waals surface area (Å²) < 4.78 is 16.7. The maximum absolute atomic E-state index is 5.95. The summed E-state index contributed by atoms with van der Waals surface area (Å²) in [4.78, 5) is 0. The molecule has 1 aliphatic heterocycles. The fourth-order valence-electron chi connectivity index (χ4n) is 2.64. The summed E-state index contributed by atoms with van der Waals surface area (Å²) in [6.45, 7) is 6.09. The van der Waals surface area contributed by atoms with E-state index in [0.717, 1.165) is 36.6 Å². The van der Waals surface area contributed by atoms with E-state index in [1.54, 1.807) is 14.2 Å². The van der Waals surface area contributed by atoms with Gasteiger partial charge < -0.3 is 19.5 Å². The van der Waals surface area contributed by atoms with Crippen LogP contribution >= 0.6 is 0 Å². The predicted molar refractivity (Wildman–Crippen MR) is 79.5 cm³/mol. The lowest BCUT2D eigenvalue weighted by atomic mass is 9.94. The Bertz CT molecular complexity index is 434. The number of hydrogen-bond donors (Lipinski definition) is 1. The lowest BCUT2D eigenvalue weighted by Crippen LogP contribution is -2.30. The van der Waals surface area contributed by atoms with Crippen LogP contribution in [0.15, 0.2) is 18.2 Å². The maximum Gasteiger partial charge on any atom is 0.124 e. The van der Waals surface area contributed by atoms with Gasteiger partial charge in [-0.2, -0.15) is 0 Å². The summed E-state index contributed by atoms with van der Waals surface area (Å²) in [7, 11) is 3.38. The Hall–Kier alpha value is -1.26. The van der Waals surface area contributed by atoms with Crippen LogP contribution < -0.4 is 14.8 Å². The number of nitrogens with one attached hydrogen (secondary N) is 1. The number of ether oxygens (including phenoxy) is 3. The van der Waals surface area contributed by atoms with Gasteiger partial charge in [-0.3, -0.25) is 0 Å². The molecule has 1 aliphatic rings. The number of hydrogen-bond acceptors (Lipinski definition) is 4. The summed E-state index contributed by atoms with van der Waals surface area (Å²) in [5.41, 5.74) is 1.08. The molecule has 0 radical (unpaired) electrons. The number of rotatable bonds is 6. The van der Waals surface area contributed by atoms with Gasteiger partial charge in [0.15, 0.2) is 0 Å². The van der Waals surface area contributed by atoms with Gasteiger partial charge in [-0.05, 0) is 24.6 Å². The van der Waals surface area contributed by atoms with Crippen LogP contribution in [0.4, 0.5) is 0 Å². The largest absolute Gasteiger partial charge is 0.497 e. The molecule has 0 bridgehead atoms. The molecule has 1 saturated heterocycles. The first-order chi connectivity index (χ1) is 9.65. The van der Waals surface area contributed by atoms with Crippen LogP contribution in [0.5, 0.6) is 11.5 Å². The molecule has 2 atom stereocenters. The summed E-state index contributed by atoms with van der Waals surface area (Å²) in [5, 5.41) is 3.50. The molecule has 0 spiro atoms. The quantitative estimate of drug-likeness (QED) is 0.869. The first-order valence-corrected chi connectivity index (χ1v) is 7.22. The fraction of sp³-hybridized carbons (Fsp3) is 0.625. The van der Waals surface area contributed by atoms with Crippen molar-refractivity contribution < 1.29 is 14.2 Å². The molecule has 20 heavy (non-hydrogen) atoms. The Morgan fingerprint density at radius 3 is 2.75 bits per heavy atom. The van der Waals surface area contributed by atoms with Crippen LogP contribution in [0.3, 0.4) is 0 Å². The van der Waals surface area contributed by atoms with Crippen molar-refractivity contribution in [1.82, 2.24) is 5.32 Å². The molecule has 1 aromatic rings. The fourth-order valence-corrected chi connectivity index (χ4v) is 2.64. The lowest BCUT2D eigenvalue weighted by Gasteiger charge is -2.22. The van der Waals surface area contributed by atoms with Gasteiger partial charge in [-0.1, -0.05) is 13.8 Å². The Morgan fingerprint density at radius 1 is 1.30 bits per heavy atom. The standard InChI is InChI=1S/C16H25NO3/c1-11(2)17-10-12-7-8-20-16(12)14-9-13(18-3)5-6-15(14)19-4/h5-6,9,11-12,16-17H,7-8,10H2,1-4H3. The van der Waals surface area contributed by atoms with Crippen LogP contribution in [-0.4, -0.2) is 33.4 Å². The van der Waals surface area contributed by atoms with Crippen molar-refractivity contribution in [3.63, 3.8) is 0 Å². The molecule has 4 heteroatoms. The Kier molecular flexibility index (Phi) is 5.26. The average Bonchev–Trinajstić information content (AvgIpc) is 2.92. The van der Waals surface area contributed by atoms with Crippen molar-refractivity contribution in [1.29, 1.82) is 0 Å². The van der Waals surface area contributed by atoms with Crippen molar-refractivity contribution >= 4 is 0 Å². The molecule has 4 nitrogen and oxygen atoms in total. The molecule has 1 heterocycles. The van der Waals surface area contributed by atoms with E-state index < -0.39 is 0 Å². The molecule has 0 aromatic heterocycles. The van der Waals surface area contributed by atoms with E-state index in [1.165, 1.54) is 0 Å². The van der Waals surface area contributed by atoms with Crippen LogP contribution in [0.1, 0.15) is 31.9 Å². The van der Waals surface area contributed by atoms with Gasteiger partial charge in [-0.15, -0.1) is 0 Å². The second-order valence-electron chi connectivity index (χ2n) is 5.51. The Balaban J connectivity index is 2.19. The zero-order valence-corrected chi connectivity index (χ0v) is 12.8. The molecule has 1 aromatic carbocycles. The summed E-state index contributed by atoms with van der Waals surface area (Å²) in [6, 6.07) is 6.38. The summed E-state index contributed by atoms with van der Waals surface area (Å²) in [5.74, 6) is 2.18. The SMILES string of the molecule is COc1ccc(OC)c(C2OCCC2CNC(C)C)c1. The molecule has 1 fully saturated rings. The molecule has 0 amide bonds. The van der Waals surface area contributed by atoms with Crippen molar-refractivity contribution in [2.45, 2.75) is 32.4 Å². The van der Waals surface area contributed by atoms with Crippen molar-refractivity contribution in [3.05, 3.63) is 23.8 Å². The van der Waals surface area contributed by atoms with Crippen LogP contribution in [0.25, 0.3) is 0 Å². The molecule has 2 unspecified atom stereocenters. The smallest absolute Gasteiger partial charge is 0.124 e. The molecule has 0 aliphatic carbocycles. The molecule has 2 rings (SSSR count). The van der Waals surface area contributed by atoms with E-state index in [2.05, 4.69) is 19.2 Å². The highest BCUT2D eigenvalue weighted by molar-refractivity contribution is 5.42. The predicted octanol–water partition coefficient (Wildman–Crippen LogP) is 2.78. The highest BCUT2D eigenvalue weighted by Gasteiger charge is 2.31. The average molecular weight is 279 g/mol. The van der Waals surface area contributed by atoms with E-state index in [1.807, 2.05) is 18.2 Å². The molecular formula is C16H25NO3. The molecule has 1 N–H and O–H groups in total. The van der Waals surface area contributed by atoms with Crippen LogP contribution in [0, 0.1) is 5.92 Å². The number of benzene rings is 1. The third kappa shape index (κ3) is 3.44. The van der Waals surface area contributed by atoms with Gasteiger partial charge in [0.2, 0.25) is 0 Å². The van der Waals surface area contributed by atoms with Gasteiger partial charge in [0, 0.05) is 30.7 Å². The molecule has 112 valence electrons. The minimum absolute atomic E-state index is 0.0753. The van der Waals surface area contributed by atoms with Crippen molar-refractivity contribution in [2.24, 2.45) is 5.92 Å². The van der Waals surface area contributed by atoms with Crippen molar-refractivity contribution in [3.8, 4) is 11.5 Å². The van der Waals surface area contributed by atoms with E-state index in [4.69, 9.17) is 14.2 Å². The van der Waals surface area contributed by atoms with E-state index in [9.17, 15) is 0 Å². The monoisotopic (exact) mass is 279 g/mol. The van der Waals surface area contributed by atoms with E-state index in [0.29, 0.717) is 12.0 Å². The summed E-state index contributed by atoms with van der Waals surface area (Å²) in [6.07, 6.45) is 1.15. The highest BCUT2D eigenvalue weighted by Crippen LogP contribution is 2.40. The van der Waals surface area contributed by atoms with Gasteiger partial charge in [0.1, 0.15) is 11.5 Å². The zero-order valence-electron chi connectivity index (χ0n) is 12.8. The van der Waals surface area contributed by atoms with Gasteiger partial charge in [0.25, 0.3) is 0 Å². The molecule has 0 saturated carbocycles. The normalized spacial score (nSPS) is 22.2.